The minimum atomic E-state index is 0.624. The summed E-state index contributed by atoms with van der Waals surface area (Å²) in [5.41, 5.74) is 2.70. The van der Waals surface area contributed by atoms with Crippen molar-refractivity contribution >= 4 is 23.5 Å². The fraction of sp³-hybridized carbons (Fsp3) is 0.217. The SMILES string of the molecule is N#Cc1ccc(Nc2cnnc(N3CCN(C/C=C/c4ccccc4)CC3)n2)cc1. The summed E-state index contributed by atoms with van der Waals surface area (Å²) in [6.07, 6.45) is 5.98. The molecule has 7 heteroatoms. The molecule has 3 aromatic rings. The Balaban J connectivity index is 1.30. The summed E-state index contributed by atoms with van der Waals surface area (Å²) in [6, 6.07) is 19.7. The highest BCUT2D eigenvalue weighted by Gasteiger charge is 2.18. The number of nitriles is 1. The van der Waals surface area contributed by atoms with Crippen LogP contribution < -0.4 is 10.2 Å². The Hall–Kier alpha value is -3.76. The molecular weight excluding hydrogens is 374 g/mol. The number of aromatic nitrogens is 3. The van der Waals surface area contributed by atoms with Crippen LogP contribution >= 0.6 is 0 Å². The van der Waals surface area contributed by atoms with Gasteiger partial charge in [0.1, 0.15) is 0 Å². The first-order chi connectivity index (χ1) is 14.8. The van der Waals surface area contributed by atoms with E-state index in [2.05, 4.69) is 72.8 Å². The van der Waals surface area contributed by atoms with Crippen molar-refractivity contribution in [2.24, 2.45) is 0 Å². The molecule has 2 heterocycles. The molecule has 0 aliphatic carbocycles. The van der Waals surface area contributed by atoms with Crippen LogP contribution in [0.15, 0.2) is 66.9 Å². The second kappa shape index (κ2) is 9.63. The van der Waals surface area contributed by atoms with E-state index in [1.165, 1.54) is 5.56 Å². The first-order valence-corrected chi connectivity index (χ1v) is 9.96. The molecule has 0 unspecified atom stereocenters. The van der Waals surface area contributed by atoms with E-state index in [1.54, 1.807) is 18.3 Å². The van der Waals surface area contributed by atoms with E-state index in [0.717, 1.165) is 38.4 Å². The summed E-state index contributed by atoms with van der Waals surface area (Å²) in [4.78, 5) is 9.18. The lowest BCUT2D eigenvalue weighted by molar-refractivity contribution is 0.282. The Bertz CT molecular complexity index is 1020. The third-order valence-electron chi connectivity index (χ3n) is 4.96. The fourth-order valence-corrected chi connectivity index (χ4v) is 3.30. The zero-order chi connectivity index (χ0) is 20.6. The maximum absolute atomic E-state index is 8.90. The molecule has 1 N–H and O–H groups in total. The van der Waals surface area contributed by atoms with Gasteiger partial charge in [-0.15, -0.1) is 5.10 Å². The van der Waals surface area contributed by atoms with Crippen LogP contribution in [0.5, 0.6) is 0 Å². The molecule has 0 saturated carbocycles. The minimum Gasteiger partial charge on any atom is -0.339 e. The Labute approximate surface area is 176 Å². The molecule has 0 atom stereocenters. The molecule has 0 amide bonds. The van der Waals surface area contributed by atoms with Gasteiger partial charge >= 0.3 is 0 Å². The molecule has 4 rings (SSSR count). The molecule has 7 nitrogen and oxygen atoms in total. The van der Waals surface area contributed by atoms with Gasteiger partial charge in [0.15, 0.2) is 5.82 Å². The first-order valence-electron chi connectivity index (χ1n) is 9.96. The zero-order valence-corrected chi connectivity index (χ0v) is 16.6. The zero-order valence-electron chi connectivity index (χ0n) is 16.6. The number of anilines is 3. The number of hydrogen-bond acceptors (Lipinski definition) is 7. The van der Waals surface area contributed by atoms with Gasteiger partial charge in [0.05, 0.1) is 17.8 Å². The summed E-state index contributed by atoms with van der Waals surface area (Å²) < 4.78 is 0. The fourth-order valence-electron chi connectivity index (χ4n) is 3.30. The van der Waals surface area contributed by atoms with Crippen LogP contribution in [-0.2, 0) is 0 Å². The predicted octanol–water partition coefficient (Wildman–Crippen LogP) is 3.32. The van der Waals surface area contributed by atoms with Crippen LogP contribution in [0.25, 0.3) is 6.08 Å². The predicted molar refractivity (Wildman–Crippen MR) is 118 cm³/mol. The van der Waals surface area contributed by atoms with Gasteiger partial charge in [-0.05, 0) is 29.8 Å². The maximum atomic E-state index is 8.90. The third kappa shape index (κ3) is 5.19. The molecule has 1 aliphatic heterocycles. The van der Waals surface area contributed by atoms with E-state index >= 15 is 0 Å². The highest BCUT2D eigenvalue weighted by Crippen LogP contribution is 2.17. The number of piperazine rings is 1. The number of benzene rings is 2. The first kappa shape index (κ1) is 19.6. The van der Waals surface area contributed by atoms with Crippen molar-refractivity contribution in [2.45, 2.75) is 0 Å². The summed E-state index contributed by atoms with van der Waals surface area (Å²) in [5.74, 6) is 1.27. The van der Waals surface area contributed by atoms with Gasteiger partial charge in [-0.1, -0.05) is 42.5 Å². The van der Waals surface area contributed by atoms with Gasteiger partial charge < -0.3 is 10.2 Å². The van der Waals surface area contributed by atoms with Crippen molar-refractivity contribution in [1.29, 1.82) is 5.26 Å². The van der Waals surface area contributed by atoms with E-state index in [-0.39, 0.29) is 0 Å². The average Bonchev–Trinajstić information content (AvgIpc) is 2.81. The Morgan fingerprint density at radius 3 is 2.50 bits per heavy atom. The summed E-state index contributed by atoms with van der Waals surface area (Å²) in [6.45, 7) is 4.57. The van der Waals surface area contributed by atoms with Crippen LogP contribution in [0, 0.1) is 11.3 Å². The normalized spacial score (nSPS) is 14.6. The van der Waals surface area contributed by atoms with Gasteiger partial charge in [0.2, 0.25) is 5.95 Å². The van der Waals surface area contributed by atoms with Crippen molar-refractivity contribution in [3.8, 4) is 6.07 Å². The van der Waals surface area contributed by atoms with E-state index in [4.69, 9.17) is 5.26 Å². The number of nitrogens with zero attached hydrogens (tertiary/aromatic N) is 6. The van der Waals surface area contributed by atoms with Gasteiger partial charge in [0, 0.05) is 38.4 Å². The molecule has 0 radical (unpaired) electrons. The van der Waals surface area contributed by atoms with Crippen LogP contribution in [0.2, 0.25) is 0 Å². The molecule has 0 bridgehead atoms. The van der Waals surface area contributed by atoms with Gasteiger partial charge in [-0.2, -0.15) is 15.3 Å². The highest BCUT2D eigenvalue weighted by molar-refractivity contribution is 5.57. The lowest BCUT2D eigenvalue weighted by Crippen LogP contribution is -2.47. The second-order valence-electron chi connectivity index (χ2n) is 7.06. The summed E-state index contributed by atoms with van der Waals surface area (Å²) >= 11 is 0. The van der Waals surface area contributed by atoms with Gasteiger partial charge in [-0.3, -0.25) is 4.90 Å². The summed E-state index contributed by atoms with van der Waals surface area (Å²) in [7, 11) is 0. The van der Waals surface area contributed by atoms with E-state index in [0.29, 0.717) is 17.3 Å². The largest absolute Gasteiger partial charge is 0.339 e. The van der Waals surface area contributed by atoms with E-state index in [9.17, 15) is 0 Å². The van der Waals surface area contributed by atoms with Crippen LogP contribution in [-0.4, -0.2) is 52.8 Å². The molecule has 30 heavy (non-hydrogen) atoms. The third-order valence-corrected chi connectivity index (χ3v) is 4.96. The summed E-state index contributed by atoms with van der Waals surface area (Å²) in [5, 5.41) is 20.4. The monoisotopic (exact) mass is 397 g/mol. The van der Waals surface area contributed by atoms with Crippen molar-refractivity contribution in [3.63, 3.8) is 0 Å². The van der Waals surface area contributed by atoms with Crippen molar-refractivity contribution < 1.29 is 0 Å². The molecular formula is C23H23N7. The van der Waals surface area contributed by atoms with Crippen molar-refractivity contribution in [3.05, 3.63) is 78.0 Å². The van der Waals surface area contributed by atoms with E-state index in [1.807, 2.05) is 18.2 Å². The van der Waals surface area contributed by atoms with Crippen LogP contribution in [0.3, 0.4) is 0 Å². The Kier molecular flexibility index (Phi) is 6.28. The van der Waals surface area contributed by atoms with E-state index < -0.39 is 0 Å². The van der Waals surface area contributed by atoms with Crippen molar-refractivity contribution in [2.75, 3.05) is 42.9 Å². The maximum Gasteiger partial charge on any atom is 0.247 e. The molecule has 2 aromatic carbocycles. The molecule has 1 aliphatic rings. The van der Waals surface area contributed by atoms with Gasteiger partial charge in [-0.25, -0.2) is 0 Å². The smallest absolute Gasteiger partial charge is 0.247 e. The standard InChI is InChI=1S/C23H23N7/c24-17-20-8-10-21(11-9-20)26-22-18-25-28-23(27-22)30-15-13-29(14-16-30)12-4-7-19-5-2-1-3-6-19/h1-11,18H,12-16H2,(H,26,27,28)/b7-4+. The lowest BCUT2D eigenvalue weighted by Gasteiger charge is -2.33. The average molecular weight is 397 g/mol. The molecule has 1 aromatic heterocycles. The number of rotatable bonds is 6. The highest BCUT2D eigenvalue weighted by atomic mass is 15.4. The van der Waals surface area contributed by atoms with Gasteiger partial charge in [0.25, 0.3) is 0 Å². The Morgan fingerprint density at radius 2 is 1.77 bits per heavy atom. The number of nitrogens with one attached hydrogen (secondary N) is 1. The molecule has 1 saturated heterocycles. The van der Waals surface area contributed by atoms with Crippen molar-refractivity contribution in [1.82, 2.24) is 20.1 Å². The van der Waals surface area contributed by atoms with Crippen LogP contribution in [0.1, 0.15) is 11.1 Å². The van der Waals surface area contributed by atoms with Crippen LogP contribution in [0.4, 0.5) is 17.5 Å². The Morgan fingerprint density at radius 1 is 1.00 bits per heavy atom. The minimum absolute atomic E-state index is 0.624. The quantitative estimate of drug-likeness (QED) is 0.683. The lowest BCUT2D eigenvalue weighted by atomic mass is 10.2. The molecule has 1 fully saturated rings. The second-order valence-corrected chi connectivity index (χ2v) is 7.06. The topological polar surface area (TPSA) is 81.0 Å². The molecule has 150 valence electrons. The number of hydrogen-bond donors (Lipinski definition) is 1. The molecule has 0 spiro atoms.